The highest BCUT2D eigenvalue weighted by Gasteiger charge is 2.35. The van der Waals surface area contributed by atoms with Gasteiger partial charge in [-0.2, -0.15) is 9.57 Å². The lowest BCUT2D eigenvalue weighted by atomic mass is 9.83. The highest BCUT2D eigenvalue weighted by Crippen LogP contribution is 2.33. The summed E-state index contributed by atoms with van der Waals surface area (Å²) < 4.78 is 26.3. The third kappa shape index (κ3) is 2.37. The molecule has 2 rings (SSSR count). The van der Waals surface area contributed by atoms with Crippen molar-refractivity contribution in [3.8, 4) is 6.07 Å². The molecule has 1 aliphatic rings. The first kappa shape index (κ1) is 12.6. The van der Waals surface area contributed by atoms with Gasteiger partial charge in [0.05, 0.1) is 11.5 Å². The summed E-state index contributed by atoms with van der Waals surface area (Å²) in [5.41, 5.74) is -0.374. The van der Waals surface area contributed by atoms with E-state index in [1.165, 1.54) is 15.6 Å². The smallest absolute Gasteiger partial charge is 0.206 e. The lowest BCUT2D eigenvalue weighted by molar-refractivity contribution is 0.232. The molecule has 1 saturated heterocycles. The largest absolute Gasteiger partial charge is 0.252 e. The van der Waals surface area contributed by atoms with Gasteiger partial charge in [-0.1, -0.05) is 6.07 Å². The van der Waals surface area contributed by atoms with Crippen LogP contribution in [0.5, 0.6) is 0 Å². The molecule has 17 heavy (non-hydrogen) atoms. The Labute approximate surface area is 106 Å². The Morgan fingerprint density at radius 2 is 2.12 bits per heavy atom. The van der Waals surface area contributed by atoms with Gasteiger partial charge in [0.15, 0.2) is 0 Å². The summed E-state index contributed by atoms with van der Waals surface area (Å²) in [6.07, 6.45) is 1.21. The minimum absolute atomic E-state index is 0.374. The van der Waals surface area contributed by atoms with Gasteiger partial charge >= 0.3 is 0 Å². The summed E-state index contributed by atoms with van der Waals surface area (Å²) in [6.45, 7) is 2.76. The minimum atomic E-state index is -3.33. The van der Waals surface area contributed by atoms with Crippen molar-refractivity contribution in [1.29, 1.82) is 5.26 Å². The fourth-order valence-corrected chi connectivity index (χ4v) is 4.46. The predicted molar refractivity (Wildman–Crippen MR) is 66.0 cm³/mol. The van der Waals surface area contributed by atoms with Crippen LogP contribution in [0.25, 0.3) is 0 Å². The standard InChI is InChI=1S/C11H14N2O2S2/c1-11(9-12)4-6-13(7-5-11)17(14,15)10-3-2-8-16-10/h2-3,8H,4-7H2,1H3. The van der Waals surface area contributed by atoms with Gasteiger partial charge in [0.25, 0.3) is 10.0 Å². The maximum Gasteiger partial charge on any atom is 0.252 e. The average Bonchev–Trinajstić information content (AvgIpc) is 2.84. The lowest BCUT2D eigenvalue weighted by Crippen LogP contribution is -2.41. The Kier molecular flexibility index (Phi) is 3.25. The molecule has 1 aromatic rings. The number of hydrogen-bond donors (Lipinski definition) is 0. The van der Waals surface area contributed by atoms with Crippen molar-refractivity contribution in [3.63, 3.8) is 0 Å². The molecule has 1 aromatic heterocycles. The average molecular weight is 270 g/mol. The Morgan fingerprint density at radius 1 is 1.47 bits per heavy atom. The third-order valence-corrected chi connectivity index (χ3v) is 6.46. The van der Waals surface area contributed by atoms with Crippen LogP contribution in [0.4, 0.5) is 0 Å². The minimum Gasteiger partial charge on any atom is -0.206 e. The number of rotatable bonds is 2. The van der Waals surface area contributed by atoms with E-state index in [4.69, 9.17) is 5.26 Å². The van der Waals surface area contributed by atoms with Crippen molar-refractivity contribution in [2.24, 2.45) is 5.41 Å². The Bertz CT molecular complexity index is 520. The normalized spacial score (nSPS) is 20.9. The second-order valence-corrected chi connectivity index (χ2v) is 7.62. The molecule has 0 radical (unpaired) electrons. The van der Waals surface area contributed by atoms with Gasteiger partial charge in [0.2, 0.25) is 0 Å². The van der Waals surface area contributed by atoms with Crippen LogP contribution in [0, 0.1) is 16.7 Å². The second kappa shape index (κ2) is 4.41. The van der Waals surface area contributed by atoms with Gasteiger partial charge < -0.3 is 0 Å². The molecule has 6 heteroatoms. The number of sulfonamides is 1. The van der Waals surface area contributed by atoms with Gasteiger partial charge in [-0.25, -0.2) is 8.42 Å². The van der Waals surface area contributed by atoms with Crippen LogP contribution in [-0.4, -0.2) is 25.8 Å². The number of hydrogen-bond acceptors (Lipinski definition) is 4. The zero-order valence-corrected chi connectivity index (χ0v) is 11.2. The van der Waals surface area contributed by atoms with Gasteiger partial charge in [-0.05, 0) is 31.2 Å². The number of thiophene rings is 1. The fourth-order valence-electron chi connectivity index (χ4n) is 1.87. The molecule has 0 aliphatic carbocycles. The van der Waals surface area contributed by atoms with E-state index in [2.05, 4.69) is 6.07 Å². The molecule has 0 saturated carbocycles. The zero-order valence-electron chi connectivity index (χ0n) is 9.59. The number of nitrogens with zero attached hydrogens (tertiary/aromatic N) is 2. The molecule has 0 N–H and O–H groups in total. The van der Waals surface area contributed by atoms with Crippen LogP contribution in [0.2, 0.25) is 0 Å². The first-order valence-electron chi connectivity index (χ1n) is 5.43. The van der Waals surface area contributed by atoms with E-state index in [-0.39, 0.29) is 5.41 Å². The first-order chi connectivity index (χ1) is 7.98. The maximum atomic E-state index is 12.2. The summed E-state index contributed by atoms with van der Waals surface area (Å²) in [7, 11) is -3.33. The van der Waals surface area contributed by atoms with Gasteiger partial charge in [-0.3, -0.25) is 0 Å². The molecule has 1 fully saturated rings. The van der Waals surface area contributed by atoms with E-state index in [0.29, 0.717) is 30.1 Å². The van der Waals surface area contributed by atoms with Crippen LogP contribution in [-0.2, 0) is 10.0 Å². The van der Waals surface area contributed by atoms with E-state index in [9.17, 15) is 8.42 Å². The summed E-state index contributed by atoms with van der Waals surface area (Å²) in [5, 5.41) is 10.8. The van der Waals surface area contributed by atoms with Crippen molar-refractivity contribution in [2.75, 3.05) is 13.1 Å². The SMILES string of the molecule is CC1(C#N)CCN(S(=O)(=O)c2cccs2)CC1. The lowest BCUT2D eigenvalue weighted by Gasteiger charge is -2.33. The molecule has 0 aromatic carbocycles. The molecular formula is C11H14N2O2S2. The topological polar surface area (TPSA) is 61.2 Å². The molecule has 0 spiro atoms. The fraction of sp³-hybridized carbons (Fsp3) is 0.545. The molecular weight excluding hydrogens is 256 g/mol. The number of piperidine rings is 1. The molecule has 1 aliphatic heterocycles. The van der Waals surface area contributed by atoms with Crippen molar-refractivity contribution in [2.45, 2.75) is 24.0 Å². The van der Waals surface area contributed by atoms with Crippen molar-refractivity contribution < 1.29 is 8.42 Å². The van der Waals surface area contributed by atoms with Crippen LogP contribution >= 0.6 is 11.3 Å². The molecule has 2 heterocycles. The summed E-state index contributed by atoms with van der Waals surface area (Å²) in [4.78, 5) is 0. The van der Waals surface area contributed by atoms with Crippen LogP contribution in [0.3, 0.4) is 0 Å². The highest BCUT2D eigenvalue weighted by atomic mass is 32.2. The maximum absolute atomic E-state index is 12.2. The Hall–Kier alpha value is -0.900. The van der Waals surface area contributed by atoms with Crippen LogP contribution in [0.1, 0.15) is 19.8 Å². The Morgan fingerprint density at radius 3 is 2.59 bits per heavy atom. The van der Waals surface area contributed by atoms with E-state index in [1.807, 2.05) is 6.92 Å². The second-order valence-electron chi connectivity index (χ2n) is 4.51. The van der Waals surface area contributed by atoms with Gasteiger partial charge in [0.1, 0.15) is 4.21 Å². The summed E-state index contributed by atoms with van der Waals surface area (Å²) in [6, 6.07) is 5.63. The van der Waals surface area contributed by atoms with Crippen LogP contribution in [0.15, 0.2) is 21.7 Å². The van der Waals surface area contributed by atoms with Gasteiger partial charge in [0, 0.05) is 13.1 Å². The predicted octanol–water partition coefficient (Wildman–Crippen LogP) is 2.06. The molecule has 0 unspecified atom stereocenters. The zero-order chi connectivity index (χ0) is 12.5. The first-order valence-corrected chi connectivity index (χ1v) is 7.75. The molecule has 0 bridgehead atoms. The summed E-state index contributed by atoms with van der Waals surface area (Å²) >= 11 is 1.23. The monoisotopic (exact) mass is 270 g/mol. The quantitative estimate of drug-likeness (QED) is 0.826. The van der Waals surface area contributed by atoms with E-state index >= 15 is 0 Å². The Balaban J connectivity index is 2.15. The van der Waals surface area contributed by atoms with E-state index < -0.39 is 10.0 Å². The van der Waals surface area contributed by atoms with E-state index in [1.54, 1.807) is 17.5 Å². The van der Waals surface area contributed by atoms with Crippen molar-refractivity contribution >= 4 is 21.4 Å². The van der Waals surface area contributed by atoms with Gasteiger partial charge in [-0.15, -0.1) is 11.3 Å². The molecule has 0 amide bonds. The summed E-state index contributed by atoms with van der Waals surface area (Å²) in [5.74, 6) is 0. The molecule has 0 atom stereocenters. The van der Waals surface area contributed by atoms with E-state index in [0.717, 1.165) is 0 Å². The molecule has 92 valence electrons. The third-order valence-electron chi connectivity index (χ3n) is 3.19. The van der Waals surface area contributed by atoms with Crippen molar-refractivity contribution in [3.05, 3.63) is 17.5 Å². The molecule has 4 nitrogen and oxygen atoms in total. The number of nitriles is 1. The van der Waals surface area contributed by atoms with Crippen molar-refractivity contribution in [1.82, 2.24) is 4.31 Å². The highest BCUT2D eigenvalue weighted by molar-refractivity contribution is 7.91. The van der Waals surface area contributed by atoms with Crippen LogP contribution < -0.4 is 0 Å².